The Morgan fingerprint density at radius 3 is 2.38 bits per heavy atom. The van der Waals surface area contributed by atoms with Crippen molar-refractivity contribution in [1.82, 2.24) is 9.78 Å². The normalized spacial score (nSPS) is 10.9. The molecule has 1 heterocycles. The average Bonchev–Trinajstić information content (AvgIpc) is 2.58. The van der Waals surface area contributed by atoms with Crippen LogP contribution in [0.1, 0.15) is 25.5 Å². The Morgan fingerprint density at radius 2 is 1.88 bits per heavy atom. The second-order valence-corrected chi connectivity index (χ2v) is 4.07. The molecule has 4 nitrogen and oxygen atoms in total. The number of aromatic amines is 1. The molecule has 1 aromatic carbocycles. The van der Waals surface area contributed by atoms with Gasteiger partial charge in [-0.2, -0.15) is 0 Å². The minimum absolute atomic E-state index is 0.185. The van der Waals surface area contributed by atoms with E-state index in [9.17, 15) is 4.79 Å². The molecule has 0 aliphatic rings. The summed E-state index contributed by atoms with van der Waals surface area (Å²) in [5.74, 6) is 0.206. The molecule has 16 heavy (non-hydrogen) atoms. The van der Waals surface area contributed by atoms with Crippen LogP contribution in [-0.2, 0) is 0 Å². The van der Waals surface area contributed by atoms with Gasteiger partial charge in [0.15, 0.2) is 0 Å². The lowest BCUT2D eigenvalue weighted by Crippen LogP contribution is -2.16. The standard InChI is InChI=1S/C12H15N3O/c1-8(2)11-10(13)12(16)15(14-11)9-6-4-3-5-7-9/h3-8,14H,13H2,1-2H3. The fourth-order valence-electron chi connectivity index (χ4n) is 1.67. The molecule has 0 fully saturated rings. The molecule has 0 radical (unpaired) electrons. The number of hydrogen-bond donors (Lipinski definition) is 2. The molecule has 0 bridgehead atoms. The number of nitrogen functional groups attached to an aromatic ring is 1. The third kappa shape index (κ3) is 1.62. The minimum atomic E-state index is -0.185. The highest BCUT2D eigenvalue weighted by molar-refractivity contribution is 5.45. The van der Waals surface area contributed by atoms with E-state index in [2.05, 4.69) is 5.10 Å². The third-order valence-electron chi connectivity index (χ3n) is 2.55. The number of anilines is 1. The van der Waals surface area contributed by atoms with Gasteiger partial charge in [0.05, 0.1) is 11.4 Å². The van der Waals surface area contributed by atoms with Gasteiger partial charge in [0, 0.05) is 0 Å². The van der Waals surface area contributed by atoms with Gasteiger partial charge < -0.3 is 5.73 Å². The molecule has 0 amide bonds. The van der Waals surface area contributed by atoms with E-state index in [1.165, 1.54) is 4.68 Å². The van der Waals surface area contributed by atoms with Crippen molar-refractivity contribution in [2.75, 3.05) is 5.73 Å². The van der Waals surface area contributed by atoms with Crippen molar-refractivity contribution >= 4 is 5.69 Å². The van der Waals surface area contributed by atoms with Crippen LogP contribution in [0.5, 0.6) is 0 Å². The van der Waals surface area contributed by atoms with Gasteiger partial charge in [-0.25, -0.2) is 4.68 Å². The Hall–Kier alpha value is -1.97. The zero-order valence-electron chi connectivity index (χ0n) is 9.40. The van der Waals surface area contributed by atoms with Crippen LogP contribution in [0.2, 0.25) is 0 Å². The molecule has 2 rings (SSSR count). The van der Waals surface area contributed by atoms with Crippen LogP contribution in [0.4, 0.5) is 5.69 Å². The molecule has 0 atom stereocenters. The molecule has 0 spiro atoms. The summed E-state index contributed by atoms with van der Waals surface area (Å²) in [6.07, 6.45) is 0. The predicted molar refractivity (Wildman–Crippen MR) is 64.9 cm³/mol. The van der Waals surface area contributed by atoms with Crippen LogP contribution in [0.3, 0.4) is 0 Å². The first kappa shape index (κ1) is 10.5. The molecule has 0 aliphatic carbocycles. The summed E-state index contributed by atoms with van der Waals surface area (Å²) in [4.78, 5) is 11.9. The van der Waals surface area contributed by atoms with E-state index >= 15 is 0 Å². The number of nitrogens with two attached hydrogens (primary N) is 1. The topological polar surface area (TPSA) is 63.8 Å². The summed E-state index contributed by atoms with van der Waals surface area (Å²) >= 11 is 0. The Morgan fingerprint density at radius 1 is 1.25 bits per heavy atom. The molecule has 0 saturated heterocycles. The van der Waals surface area contributed by atoms with E-state index < -0.39 is 0 Å². The van der Waals surface area contributed by atoms with E-state index in [0.717, 1.165) is 11.4 Å². The molecule has 0 saturated carbocycles. The number of hydrogen-bond acceptors (Lipinski definition) is 2. The molecule has 0 aliphatic heterocycles. The van der Waals surface area contributed by atoms with Gasteiger partial charge in [0.1, 0.15) is 5.69 Å². The fourth-order valence-corrected chi connectivity index (χ4v) is 1.67. The van der Waals surface area contributed by atoms with Crippen LogP contribution >= 0.6 is 0 Å². The van der Waals surface area contributed by atoms with E-state index in [1.54, 1.807) is 0 Å². The smallest absolute Gasteiger partial charge is 0.294 e. The lowest BCUT2D eigenvalue weighted by molar-refractivity contribution is 0.761. The van der Waals surface area contributed by atoms with Gasteiger partial charge in [-0.05, 0) is 18.1 Å². The number of nitrogens with one attached hydrogen (secondary N) is 1. The highest BCUT2D eigenvalue weighted by Crippen LogP contribution is 2.17. The Kier molecular flexibility index (Phi) is 2.56. The first-order valence-electron chi connectivity index (χ1n) is 5.27. The number of aromatic nitrogens is 2. The lowest BCUT2D eigenvalue weighted by atomic mass is 10.1. The van der Waals surface area contributed by atoms with Crippen molar-refractivity contribution < 1.29 is 0 Å². The zero-order valence-corrected chi connectivity index (χ0v) is 9.40. The minimum Gasteiger partial charge on any atom is -0.393 e. The summed E-state index contributed by atoms with van der Waals surface area (Å²) in [5, 5.41) is 3.04. The van der Waals surface area contributed by atoms with Crippen LogP contribution in [0, 0.1) is 0 Å². The van der Waals surface area contributed by atoms with Crippen molar-refractivity contribution in [3.05, 3.63) is 46.4 Å². The average molecular weight is 217 g/mol. The number of H-pyrrole nitrogens is 1. The quantitative estimate of drug-likeness (QED) is 0.806. The Balaban J connectivity index is 2.60. The summed E-state index contributed by atoms with van der Waals surface area (Å²) in [5.41, 5.74) is 7.48. The monoisotopic (exact) mass is 217 g/mol. The summed E-state index contributed by atoms with van der Waals surface area (Å²) in [6, 6.07) is 9.40. The number of para-hydroxylation sites is 1. The summed E-state index contributed by atoms with van der Waals surface area (Å²) in [7, 11) is 0. The second-order valence-electron chi connectivity index (χ2n) is 4.07. The van der Waals surface area contributed by atoms with Gasteiger partial charge in [-0.15, -0.1) is 0 Å². The summed E-state index contributed by atoms with van der Waals surface area (Å²) < 4.78 is 1.48. The zero-order chi connectivity index (χ0) is 11.7. The van der Waals surface area contributed by atoms with E-state index in [-0.39, 0.29) is 11.5 Å². The molecule has 1 aromatic heterocycles. The van der Waals surface area contributed by atoms with Crippen molar-refractivity contribution in [3.63, 3.8) is 0 Å². The van der Waals surface area contributed by atoms with Crippen molar-refractivity contribution in [3.8, 4) is 5.69 Å². The molecular weight excluding hydrogens is 202 g/mol. The number of nitrogens with zero attached hydrogens (tertiary/aromatic N) is 1. The number of benzene rings is 1. The first-order valence-corrected chi connectivity index (χ1v) is 5.27. The van der Waals surface area contributed by atoms with Crippen LogP contribution in [0.25, 0.3) is 5.69 Å². The van der Waals surface area contributed by atoms with E-state index in [0.29, 0.717) is 5.69 Å². The van der Waals surface area contributed by atoms with Gasteiger partial charge in [-0.3, -0.25) is 9.89 Å². The van der Waals surface area contributed by atoms with Gasteiger partial charge in [-0.1, -0.05) is 32.0 Å². The largest absolute Gasteiger partial charge is 0.393 e. The van der Waals surface area contributed by atoms with Crippen LogP contribution < -0.4 is 11.3 Å². The molecular formula is C12H15N3O. The lowest BCUT2D eigenvalue weighted by Gasteiger charge is -2.03. The summed E-state index contributed by atoms with van der Waals surface area (Å²) in [6.45, 7) is 3.99. The fraction of sp³-hybridized carbons (Fsp3) is 0.250. The van der Waals surface area contributed by atoms with Crippen molar-refractivity contribution in [1.29, 1.82) is 0 Å². The van der Waals surface area contributed by atoms with Gasteiger partial charge in [0.25, 0.3) is 5.56 Å². The predicted octanol–water partition coefficient (Wildman–Crippen LogP) is 1.87. The van der Waals surface area contributed by atoms with Crippen molar-refractivity contribution in [2.45, 2.75) is 19.8 Å². The van der Waals surface area contributed by atoms with E-state index in [4.69, 9.17) is 5.73 Å². The highest BCUT2D eigenvalue weighted by atomic mass is 16.1. The maximum atomic E-state index is 11.9. The van der Waals surface area contributed by atoms with Crippen LogP contribution in [-0.4, -0.2) is 9.78 Å². The molecule has 0 unspecified atom stereocenters. The number of rotatable bonds is 2. The van der Waals surface area contributed by atoms with Gasteiger partial charge in [0.2, 0.25) is 0 Å². The van der Waals surface area contributed by atoms with Gasteiger partial charge >= 0.3 is 0 Å². The Bertz CT molecular complexity index is 537. The third-order valence-corrected chi connectivity index (χ3v) is 2.55. The maximum absolute atomic E-state index is 11.9. The molecule has 84 valence electrons. The SMILES string of the molecule is CC(C)c1[nH]n(-c2ccccc2)c(=O)c1N. The van der Waals surface area contributed by atoms with E-state index in [1.807, 2.05) is 44.2 Å². The first-order chi connectivity index (χ1) is 7.61. The molecule has 2 aromatic rings. The van der Waals surface area contributed by atoms with Crippen LogP contribution in [0.15, 0.2) is 35.1 Å². The Labute approximate surface area is 93.7 Å². The maximum Gasteiger partial charge on any atom is 0.294 e. The van der Waals surface area contributed by atoms with Crippen molar-refractivity contribution in [2.24, 2.45) is 0 Å². The molecule has 4 heteroatoms. The second kappa shape index (κ2) is 3.89. The molecule has 3 N–H and O–H groups in total. The highest BCUT2D eigenvalue weighted by Gasteiger charge is 2.14.